The highest BCUT2D eigenvalue weighted by atomic mass is 16.5. The van der Waals surface area contributed by atoms with Crippen LogP contribution in [0, 0.1) is 0 Å². The molecular formula is C21H15NO6. The first kappa shape index (κ1) is 17.3. The van der Waals surface area contributed by atoms with Crippen molar-refractivity contribution in [2.75, 3.05) is 5.32 Å². The Morgan fingerprint density at radius 1 is 0.857 bits per heavy atom. The molecule has 1 heterocycles. The van der Waals surface area contributed by atoms with E-state index in [9.17, 15) is 25.2 Å². The Balaban J connectivity index is 1.71. The lowest BCUT2D eigenvalue weighted by Crippen LogP contribution is -1.99. The van der Waals surface area contributed by atoms with Gasteiger partial charge in [-0.3, -0.25) is 4.79 Å². The van der Waals surface area contributed by atoms with Gasteiger partial charge in [0, 0.05) is 6.07 Å². The fourth-order valence-corrected chi connectivity index (χ4v) is 2.89. The Labute approximate surface area is 159 Å². The fraction of sp³-hybridized carbons (Fsp3) is 0. The summed E-state index contributed by atoms with van der Waals surface area (Å²) in [4.78, 5) is 12.6. The van der Waals surface area contributed by atoms with Gasteiger partial charge in [0.25, 0.3) is 0 Å². The number of aromatic hydroxyl groups is 4. The SMILES string of the molecule is O=C1/C(=C\c2ccc(O)c(O)c2)Nc2cc(Oc3ccccc3)c(O)c(O)c21. The maximum absolute atomic E-state index is 12.6. The first-order valence-corrected chi connectivity index (χ1v) is 8.31. The number of hydrogen-bond donors (Lipinski definition) is 5. The summed E-state index contributed by atoms with van der Waals surface area (Å²) in [6, 6.07) is 14.2. The molecule has 28 heavy (non-hydrogen) atoms. The Hall–Kier alpha value is -4.13. The van der Waals surface area contributed by atoms with Crippen molar-refractivity contribution in [2.45, 2.75) is 0 Å². The molecule has 7 nitrogen and oxygen atoms in total. The monoisotopic (exact) mass is 377 g/mol. The van der Waals surface area contributed by atoms with Crippen molar-refractivity contribution in [3.05, 3.63) is 71.4 Å². The van der Waals surface area contributed by atoms with E-state index in [1.165, 1.54) is 30.3 Å². The molecule has 3 aromatic rings. The second-order valence-electron chi connectivity index (χ2n) is 6.17. The zero-order valence-electron chi connectivity index (χ0n) is 14.4. The summed E-state index contributed by atoms with van der Waals surface area (Å²) in [5.74, 6) is -1.80. The molecule has 1 aliphatic rings. The van der Waals surface area contributed by atoms with E-state index in [1.807, 2.05) is 6.07 Å². The topological polar surface area (TPSA) is 119 Å². The minimum Gasteiger partial charge on any atom is -0.504 e. The van der Waals surface area contributed by atoms with E-state index in [4.69, 9.17) is 4.74 Å². The van der Waals surface area contributed by atoms with E-state index in [2.05, 4.69) is 5.32 Å². The maximum atomic E-state index is 12.6. The predicted molar refractivity (Wildman–Crippen MR) is 102 cm³/mol. The van der Waals surface area contributed by atoms with Gasteiger partial charge >= 0.3 is 0 Å². The Morgan fingerprint density at radius 2 is 1.61 bits per heavy atom. The largest absolute Gasteiger partial charge is 0.504 e. The number of para-hydroxylation sites is 1. The first-order chi connectivity index (χ1) is 13.4. The maximum Gasteiger partial charge on any atom is 0.215 e. The summed E-state index contributed by atoms with van der Waals surface area (Å²) < 4.78 is 5.59. The summed E-state index contributed by atoms with van der Waals surface area (Å²) in [5, 5.41) is 42.4. The van der Waals surface area contributed by atoms with E-state index in [0.717, 1.165) is 0 Å². The second-order valence-corrected chi connectivity index (χ2v) is 6.17. The molecule has 0 saturated heterocycles. The van der Waals surface area contributed by atoms with Crippen molar-refractivity contribution in [1.82, 2.24) is 0 Å². The van der Waals surface area contributed by atoms with Crippen LogP contribution in [-0.2, 0) is 0 Å². The van der Waals surface area contributed by atoms with Crippen molar-refractivity contribution in [3.63, 3.8) is 0 Å². The summed E-state index contributed by atoms with van der Waals surface area (Å²) in [6.45, 7) is 0. The number of carbonyl (C=O) groups excluding carboxylic acids is 1. The summed E-state index contributed by atoms with van der Waals surface area (Å²) in [5.41, 5.74) is 0.794. The average Bonchev–Trinajstić information content (AvgIpc) is 2.99. The molecule has 0 unspecified atom stereocenters. The van der Waals surface area contributed by atoms with Gasteiger partial charge in [-0.25, -0.2) is 0 Å². The van der Waals surface area contributed by atoms with Crippen LogP contribution in [-0.4, -0.2) is 26.2 Å². The van der Waals surface area contributed by atoms with Crippen LogP contribution in [0.5, 0.6) is 34.5 Å². The molecular weight excluding hydrogens is 362 g/mol. The van der Waals surface area contributed by atoms with Crippen LogP contribution in [0.4, 0.5) is 5.69 Å². The number of ketones is 1. The average molecular weight is 377 g/mol. The molecule has 0 aliphatic carbocycles. The van der Waals surface area contributed by atoms with Crippen LogP contribution in [0.15, 0.2) is 60.3 Å². The van der Waals surface area contributed by atoms with Crippen LogP contribution in [0.3, 0.4) is 0 Å². The summed E-state index contributed by atoms with van der Waals surface area (Å²) in [6.07, 6.45) is 1.45. The molecule has 0 saturated carbocycles. The number of ether oxygens (including phenoxy) is 1. The molecule has 0 bridgehead atoms. The lowest BCUT2D eigenvalue weighted by atomic mass is 10.1. The van der Waals surface area contributed by atoms with E-state index in [0.29, 0.717) is 11.3 Å². The van der Waals surface area contributed by atoms with Crippen molar-refractivity contribution in [2.24, 2.45) is 0 Å². The molecule has 0 aromatic heterocycles. The number of carbonyl (C=O) groups is 1. The number of hydrogen-bond acceptors (Lipinski definition) is 7. The van der Waals surface area contributed by atoms with Gasteiger partial charge in [0.05, 0.1) is 16.9 Å². The van der Waals surface area contributed by atoms with Crippen molar-refractivity contribution in [3.8, 4) is 34.5 Å². The van der Waals surface area contributed by atoms with Crippen LogP contribution >= 0.6 is 0 Å². The van der Waals surface area contributed by atoms with E-state index < -0.39 is 17.3 Å². The van der Waals surface area contributed by atoms with Gasteiger partial charge in [0.15, 0.2) is 23.0 Å². The Kier molecular flexibility index (Phi) is 4.04. The van der Waals surface area contributed by atoms with Gasteiger partial charge < -0.3 is 30.5 Å². The minimum atomic E-state index is -0.585. The lowest BCUT2D eigenvalue weighted by molar-refractivity contribution is 0.103. The molecule has 3 aromatic carbocycles. The molecule has 7 heteroatoms. The van der Waals surface area contributed by atoms with Crippen LogP contribution in [0.1, 0.15) is 15.9 Å². The van der Waals surface area contributed by atoms with Crippen LogP contribution < -0.4 is 10.1 Å². The van der Waals surface area contributed by atoms with E-state index in [-0.39, 0.29) is 34.2 Å². The van der Waals surface area contributed by atoms with Crippen LogP contribution in [0.2, 0.25) is 0 Å². The highest BCUT2D eigenvalue weighted by molar-refractivity contribution is 6.22. The van der Waals surface area contributed by atoms with Gasteiger partial charge in [-0.15, -0.1) is 0 Å². The van der Waals surface area contributed by atoms with Gasteiger partial charge in [-0.1, -0.05) is 24.3 Å². The number of rotatable bonds is 3. The highest BCUT2D eigenvalue weighted by Gasteiger charge is 2.32. The number of phenolic OH excluding ortho intramolecular Hbond substituents is 4. The molecule has 140 valence electrons. The van der Waals surface area contributed by atoms with Gasteiger partial charge in [-0.05, 0) is 35.9 Å². The zero-order chi connectivity index (χ0) is 19.8. The van der Waals surface area contributed by atoms with Crippen molar-refractivity contribution >= 4 is 17.5 Å². The number of allylic oxidation sites excluding steroid dienone is 1. The zero-order valence-corrected chi connectivity index (χ0v) is 14.4. The molecule has 0 spiro atoms. The quantitative estimate of drug-likeness (QED) is 0.266. The third kappa shape index (κ3) is 2.95. The molecule has 0 radical (unpaired) electrons. The Bertz CT molecular complexity index is 1120. The number of phenols is 4. The fourth-order valence-electron chi connectivity index (χ4n) is 2.89. The van der Waals surface area contributed by atoms with Gasteiger partial charge in [0.1, 0.15) is 5.75 Å². The number of benzene rings is 3. The van der Waals surface area contributed by atoms with Gasteiger partial charge in [-0.2, -0.15) is 0 Å². The molecule has 0 amide bonds. The highest BCUT2D eigenvalue weighted by Crippen LogP contribution is 2.47. The predicted octanol–water partition coefficient (Wildman–Crippen LogP) is 3.95. The van der Waals surface area contributed by atoms with Crippen molar-refractivity contribution < 1.29 is 30.0 Å². The van der Waals surface area contributed by atoms with E-state index >= 15 is 0 Å². The van der Waals surface area contributed by atoms with Crippen LogP contribution in [0.25, 0.3) is 6.08 Å². The molecule has 1 aliphatic heterocycles. The number of Topliss-reactive ketones (excluding diaryl/α,β-unsaturated/α-hetero) is 1. The molecule has 5 N–H and O–H groups in total. The number of fused-ring (bicyclic) bond motifs is 1. The first-order valence-electron chi connectivity index (χ1n) is 8.31. The molecule has 0 atom stereocenters. The normalized spacial score (nSPS) is 14.0. The smallest absolute Gasteiger partial charge is 0.215 e. The summed E-state index contributed by atoms with van der Waals surface area (Å²) in [7, 11) is 0. The summed E-state index contributed by atoms with van der Waals surface area (Å²) >= 11 is 0. The number of nitrogens with one attached hydrogen (secondary N) is 1. The molecule has 0 fully saturated rings. The van der Waals surface area contributed by atoms with Crippen molar-refractivity contribution in [1.29, 1.82) is 0 Å². The third-order valence-corrected chi connectivity index (χ3v) is 4.26. The third-order valence-electron chi connectivity index (χ3n) is 4.26. The Morgan fingerprint density at radius 3 is 2.32 bits per heavy atom. The second kappa shape index (κ2) is 6.55. The van der Waals surface area contributed by atoms with Gasteiger partial charge in [0.2, 0.25) is 11.5 Å². The minimum absolute atomic E-state index is 0.00808. The van der Waals surface area contributed by atoms with E-state index in [1.54, 1.807) is 24.3 Å². The number of anilines is 1. The standard InChI is InChI=1S/C21H15NO6/c23-15-7-6-11(9-16(15)24)8-14-19(25)18-13(22-14)10-17(20(26)21(18)27)28-12-4-2-1-3-5-12/h1-10,22-24,26-27H/b14-8+. The molecule has 4 rings (SSSR count). The lowest BCUT2D eigenvalue weighted by Gasteiger charge is -2.11.